The molecule has 1 aromatic carbocycles. The molecule has 0 aliphatic carbocycles. The molecule has 3 nitrogen and oxygen atoms in total. The average Bonchev–Trinajstić information content (AvgIpc) is 2.39. The van der Waals surface area contributed by atoms with Gasteiger partial charge in [0.25, 0.3) is 0 Å². The lowest BCUT2D eigenvalue weighted by molar-refractivity contribution is 0.0384. The van der Waals surface area contributed by atoms with Crippen molar-refractivity contribution in [2.24, 2.45) is 5.73 Å². The first kappa shape index (κ1) is 13.8. The molecule has 2 N–H and O–H groups in total. The lowest BCUT2D eigenvalue weighted by Crippen LogP contribution is -2.42. The summed E-state index contributed by atoms with van der Waals surface area (Å²) in [4.78, 5) is 2.40. The second-order valence-electron chi connectivity index (χ2n) is 4.67. The van der Waals surface area contributed by atoms with E-state index in [1.165, 1.54) is 11.3 Å². The minimum absolute atomic E-state index is 0.356. The highest BCUT2D eigenvalue weighted by atomic mass is 79.9. The first-order valence-corrected chi connectivity index (χ1v) is 7.39. The van der Waals surface area contributed by atoms with Crippen molar-refractivity contribution in [3.63, 3.8) is 0 Å². The molecule has 0 saturated carbocycles. The predicted molar refractivity (Wildman–Crippen MR) is 79.1 cm³/mol. The molecule has 0 spiro atoms. The highest BCUT2D eigenvalue weighted by molar-refractivity contribution is 9.10. The lowest BCUT2D eigenvalue weighted by Gasteiger charge is -2.34. The van der Waals surface area contributed by atoms with Gasteiger partial charge in [-0.25, -0.2) is 0 Å². The summed E-state index contributed by atoms with van der Waals surface area (Å²) in [5, 5.41) is 0. The number of morpholine rings is 1. The van der Waals surface area contributed by atoms with E-state index in [1.54, 1.807) is 0 Å². The van der Waals surface area contributed by atoms with Crippen LogP contribution in [0.1, 0.15) is 18.9 Å². The fourth-order valence-corrected chi connectivity index (χ4v) is 2.99. The monoisotopic (exact) mass is 312 g/mol. The van der Waals surface area contributed by atoms with Crippen molar-refractivity contribution < 1.29 is 4.74 Å². The molecule has 100 valence electrons. The second kappa shape index (κ2) is 6.55. The van der Waals surface area contributed by atoms with Crippen LogP contribution in [-0.4, -0.2) is 32.3 Å². The van der Waals surface area contributed by atoms with E-state index >= 15 is 0 Å². The van der Waals surface area contributed by atoms with Crippen LogP contribution in [-0.2, 0) is 11.2 Å². The van der Waals surface area contributed by atoms with Gasteiger partial charge in [0.1, 0.15) is 0 Å². The highest BCUT2D eigenvalue weighted by Crippen LogP contribution is 2.29. The van der Waals surface area contributed by atoms with Gasteiger partial charge in [-0.05, 0) is 53.0 Å². The third-order valence-corrected chi connectivity index (χ3v) is 4.02. The number of benzene rings is 1. The van der Waals surface area contributed by atoms with Crippen molar-refractivity contribution in [2.75, 3.05) is 31.1 Å². The molecular weight excluding hydrogens is 292 g/mol. The Hall–Kier alpha value is -0.580. The number of anilines is 1. The maximum absolute atomic E-state index is 5.71. The average molecular weight is 313 g/mol. The summed E-state index contributed by atoms with van der Waals surface area (Å²) in [5.41, 5.74) is 8.13. The van der Waals surface area contributed by atoms with Crippen molar-refractivity contribution >= 4 is 21.6 Å². The minimum atomic E-state index is 0.356. The van der Waals surface area contributed by atoms with Gasteiger partial charge < -0.3 is 15.4 Å². The summed E-state index contributed by atoms with van der Waals surface area (Å²) in [6, 6.07) is 6.54. The van der Waals surface area contributed by atoms with Gasteiger partial charge in [-0.2, -0.15) is 0 Å². The first-order valence-electron chi connectivity index (χ1n) is 6.59. The molecule has 1 unspecified atom stereocenters. The van der Waals surface area contributed by atoms with Crippen LogP contribution >= 0.6 is 15.9 Å². The first-order chi connectivity index (χ1) is 8.74. The van der Waals surface area contributed by atoms with Crippen LogP contribution in [0, 0.1) is 0 Å². The van der Waals surface area contributed by atoms with Gasteiger partial charge in [0.15, 0.2) is 0 Å². The van der Waals surface area contributed by atoms with Crippen molar-refractivity contribution in [1.82, 2.24) is 0 Å². The third kappa shape index (κ3) is 3.25. The Kier molecular flexibility index (Phi) is 5.03. The van der Waals surface area contributed by atoms with Crippen LogP contribution in [0.4, 0.5) is 5.69 Å². The van der Waals surface area contributed by atoms with Crippen LogP contribution in [0.3, 0.4) is 0 Å². The number of hydrogen-bond donors (Lipinski definition) is 1. The largest absolute Gasteiger partial charge is 0.375 e. The zero-order valence-electron chi connectivity index (χ0n) is 10.9. The lowest BCUT2D eigenvalue weighted by atomic mass is 10.1. The van der Waals surface area contributed by atoms with Crippen LogP contribution in [0.2, 0.25) is 0 Å². The van der Waals surface area contributed by atoms with Gasteiger partial charge in [-0.15, -0.1) is 0 Å². The van der Waals surface area contributed by atoms with E-state index < -0.39 is 0 Å². The number of nitrogens with two attached hydrogens (primary N) is 1. The Labute approximate surface area is 117 Å². The zero-order valence-corrected chi connectivity index (χ0v) is 12.4. The summed E-state index contributed by atoms with van der Waals surface area (Å²) in [6.07, 6.45) is 2.35. The highest BCUT2D eigenvalue weighted by Gasteiger charge is 2.20. The Morgan fingerprint density at radius 2 is 2.33 bits per heavy atom. The predicted octanol–water partition coefficient (Wildman–Crippen LogP) is 2.57. The fraction of sp³-hybridized carbons (Fsp3) is 0.571. The maximum atomic E-state index is 5.71. The topological polar surface area (TPSA) is 38.5 Å². The molecule has 1 aliphatic rings. The van der Waals surface area contributed by atoms with E-state index in [9.17, 15) is 0 Å². The van der Waals surface area contributed by atoms with E-state index in [4.69, 9.17) is 10.5 Å². The molecule has 0 bridgehead atoms. The van der Waals surface area contributed by atoms with Crippen LogP contribution in [0.15, 0.2) is 22.7 Å². The van der Waals surface area contributed by atoms with Crippen LogP contribution < -0.4 is 10.6 Å². The molecule has 2 rings (SSSR count). The van der Waals surface area contributed by atoms with E-state index in [2.05, 4.69) is 46.0 Å². The smallest absolute Gasteiger partial charge is 0.0748 e. The quantitative estimate of drug-likeness (QED) is 0.928. The summed E-state index contributed by atoms with van der Waals surface area (Å²) < 4.78 is 6.87. The Balaban J connectivity index is 2.12. The fourth-order valence-electron chi connectivity index (χ4n) is 2.31. The normalized spacial score (nSPS) is 20.2. The minimum Gasteiger partial charge on any atom is -0.375 e. The van der Waals surface area contributed by atoms with E-state index in [0.29, 0.717) is 12.6 Å². The summed E-state index contributed by atoms with van der Waals surface area (Å²) in [6.45, 7) is 5.63. The molecule has 4 heteroatoms. The molecule has 0 aromatic heterocycles. The van der Waals surface area contributed by atoms with Crippen molar-refractivity contribution in [1.29, 1.82) is 0 Å². The number of rotatable bonds is 4. The number of ether oxygens (including phenoxy) is 1. The molecule has 18 heavy (non-hydrogen) atoms. The third-order valence-electron chi connectivity index (χ3n) is 3.38. The SMILES string of the molecule is CCC1CN(c2ccc(CCN)cc2Br)CCO1. The summed E-state index contributed by atoms with van der Waals surface area (Å²) in [7, 11) is 0. The van der Waals surface area contributed by atoms with Gasteiger partial charge in [-0.1, -0.05) is 13.0 Å². The Morgan fingerprint density at radius 3 is 3.00 bits per heavy atom. The van der Waals surface area contributed by atoms with Gasteiger partial charge in [-0.3, -0.25) is 0 Å². The van der Waals surface area contributed by atoms with Crippen molar-refractivity contribution in [3.05, 3.63) is 28.2 Å². The van der Waals surface area contributed by atoms with Gasteiger partial charge in [0, 0.05) is 17.6 Å². The molecule has 1 atom stereocenters. The summed E-state index contributed by atoms with van der Waals surface area (Å²) >= 11 is 3.67. The van der Waals surface area contributed by atoms with Crippen LogP contribution in [0.5, 0.6) is 0 Å². The Morgan fingerprint density at radius 1 is 1.50 bits per heavy atom. The van der Waals surface area contributed by atoms with Crippen LogP contribution in [0.25, 0.3) is 0 Å². The van der Waals surface area contributed by atoms with Crippen molar-refractivity contribution in [2.45, 2.75) is 25.9 Å². The number of nitrogens with zero attached hydrogens (tertiary/aromatic N) is 1. The molecule has 1 aliphatic heterocycles. The van der Waals surface area contributed by atoms with Gasteiger partial charge >= 0.3 is 0 Å². The molecular formula is C14H21BrN2O. The number of halogens is 1. The molecule has 1 heterocycles. The molecule has 0 amide bonds. The van der Waals surface area contributed by atoms with E-state index in [-0.39, 0.29) is 0 Å². The standard InChI is InChI=1S/C14H21BrN2O/c1-2-12-10-17(7-8-18-12)14-4-3-11(5-6-16)9-13(14)15/h3-4,9,12H,2,5-8,10,16H2,1H3. The van der Waals surface area contributed by atoms with E-state index in [1.807, 2.05) is 0 Å². The van der Waals surface area contributed by atoms with Crippen molar-refractivity contribution in [3.8, 4) is 0 Å². The second-order valence-corrected chi connectivity index (χ2v) is 5.53. The van der Waals surface area contributed by atoms with E-state index in [0.717, 1.165) is 37.0 Å². The zero-order chi connectivity index (χ0) is 13.0. The molecule has 1 fully saturated rings. The van der Waals surface area contributed by atoms with Gasteiger partial charge in [0.05, 0.1) is 18.4 Å². The molecule has 1 saturated heterocycles. The number of hydrogen-bond acceptors (Lipinski definition) is 3. The molecule has 1 aromatic rings. The summed E-state index contributed by atoms with van der Waals surface area (Å²) in [5.74, 6) is 0. The van der Waals surface area contributed by atoms with Gasteiger partial charge in [0.2, 0.25) is 0 Å². The maximum Gasteiger partial charge on any atom is 0.0748 e. The Bertz CT molecular complexity index is 397. The molecule has 0 radical (unpaired) electrons.